The van der Waals surface area contributed by atoms with Gasteiger partial charge in [-0.3, -0.25) is 4.79 Å². The van der Waals surface area contributed by atoms with Crippen LogP contribution in [0, 0.1) is 5.92 Å². The third kappa shape index (κ3) is 4.45. The highest BCUT2D eigenvalue weighted by atomic mass is 79.9. The minimum absolute atomic E-state index is 0.0242. The van der Waals surface area contributed by atoms with Crippen LogP contribution in [-0.2, 0) is 0 Å². The number of alkyl halides is 3. The molecule has 0 bridgehead atoms. The molecule has 27 heavy (non-hydrogen) atoms. The third-order valence-electron chi connectivity index (χ3n) is 4.37. The van der Waals surface area contributed by atoms with Crippen molar-refractivity contribution in [3.05, 3.63) is 46.1 Å². The summed E-state index contributed by atoms with van der Waals surface area (Å²) in [4.78, 5) is 12.2. The van der Waals surface area contributed by atoms with Crippen LogP contribution >= 0.6 is 15.9 Å². The van der Waals surface area contributed by atoms with Gasteiger partial charge in [-0.05, 0) is 23.6 Å². The molecule has 0 spiro atoms. The van der Waals surface area contributed by atoms with E-state index in [0.29, 0.717) is 6.54 Å². The van der Waals surface area contributed by atoms with Crippen molar-refractivity contribution >= 4 is 27.7 Å². The van der Waals surface area contributed by atoms with E-state index in [1.807, 2.05) is 13.8 Å². The maximum Gasteiger partial charge on any atom is 0.410 e. The lowest BCUT2D eigenvalue weighted by Crippen LogP contribution is -2.36. The van der Waals surface area contributed by atoms with E-state index in [4.69, 9.17) is 0 Å². The van der Waals surface area contributed by atoms with Crippen molar-refractivity contribution in [1.29, 1.82) is 0 Å². The molecular formula is C18H20BrF3N4O. The first kappa shape index (κ1) is 19.7. The second kappa shape index (κ2) is 7.53. The van der Waals surface area contributed by atoms with Crippen LogP contribution in [0.3, 0.4) is 0 Å². The van der Waals surface area contributed by atoms with E-state index in [2.05, 4.69) is 31.7 Å². The molecule has 1 aliphatic heterocycles. The largest absolute Gasteiger partial charge is 0.410 e. The SMILES string of the molecule is CC(C)CNC(=O)c1cc2n(n1)[C@@H](C(F)(F)F)C[C@@H](c1ccc(Br)cc1)N2. The maximum atomic E-state index is 13.6. The summed E-state index contributed by atoms with van der Waals surface area (Å²) in [5.74, 6) is -0.0614. The Bertz CT molecular complexity index is 817. The number of halogens is 4. The third-order valence-corrected chi connectivity index (χ3v) is 4.89. The van der Waals surface area contributed by atoms with Crippen molar-refractivity contribution in [1.82, 2.24) is 15.1 Å². The Morgan fingerprint density at radius 3 is 2.63 bits per heavy atom. The number of nitrogens with one attached hydrogen (secondary N) is 2. The number of benzene rings is 1. The minimum atomic E-state index is -4.47. The lowest BCUT2D eigenvalue weighted by molar-refractivity contribution is -0.173. The highest BCUT2D eigenvalue weighted by molar-refractivity contribution is 9.10. The average molecular weight is 445 g/mol. The van der Waals surface area contributed by atoms with E-state index >= 15 is 0 Å². The van der Waals surface area contributed by atoms with Gasteiger partial charge in [-0.2, -0.15) is 18.3 Å². The number of hydrogen-bond donors (Lipinski definition) is 2. The summed E-state index contributed by atoms with van der Waals surface area (Å²) in [6.45, 7) is 4.30. The van der Waals surface area contributed by atoms with Crippen molar-refractivity contribution in [3.8, 4) is 0 Å². The molecule has 0 fully saturated rings. The summed E-state index contributed by atoms with van der Waals surface area (Å²) < 4.78 is 42.6. The van der Waals surface area contributed by atoms with Crippen LogP contribution < -0.4 is 10.6 Å². The van der Waals surface area contributed by atoms with Gasteiger partial charge in [0.1, 0.15) is 5.82 Å². The Kier molecular flexibility index (Phi) is 5.50. The number of hydrogen-bond acceptors (Lipinski definition) is 3. The first-order valence-electron chi connectivity index (χ1n) is 8.61. The van der Waals surface area contributed by atoms with Crippen molar-refractivity contribution in [2.45, 2.75) is 38.5 Å². The Morgan fingerprint density at radius 2 is 2.04 bits per heavy atom. The van der Waals surface area contributed by atoms with Gasteiger partial charge in [-0.1, -0.05) is 41.9 Å². The molecule has 2 atom stereocenters. The van der Waals surface area contributed by atoms with E-state index in [-0.39, 0.29) is 23.9 Å². The number of rotatable bonds is 4. The first-order valence-corrected chi connectivity index (χ1v) is 9.41. The predicted octanol–water partition coefficient (Wildman–Crippen LogP) is 4.69. The van der Waals surface area contributed by atoms with Crippen LogP contribution in [0.15, 0.2) is 34.8 Å². The number of amides is 1. The molecule has 0 unspecified atom stereocenters. The molecule has 2 aromatic rings. The second-order valence-electron chi connectivity index (χ2n) is 7.00. The lowest BCUT2D eigenvalue weighted by atomic mass is 9.97. The summed E-state index contributed by atoms with van der Waals surface area (Å²) in [7, 11) is 0. The zero-order valence-electron chi connectivity index (χ0n) is 14.8. The fraction of sp³-hybridized carbons (Fsp3) is 0.444. The molecule has 0 radical (unpaired) electrons. The Labute approximate surface area is 163 Å². The molecule has 2 N–H and O–H groups in total. The fourth-order valence-electron chi connectivity index (χ4n) is 2.99. The van der Waals surface area contributed by atoms with Crippen molar-refractivity contribution < 1.29 is 18.0 Å². The van der Waals surface area contributed by atoms with Gasteiger partial charge >= 0.3 is 6.18 Å². The van der Waals surface area contributed by atoms with Crippen molar-refractivity contribution in [3.63, 3.8) is 0 Å². The molecule has 0 saturated heterocycles. The van der Waals surface area contributed by atoms with Crippen molar-refractivity contribution in [2.75, 3.05) is 11.9 Å². The summed E-state index contributed by atoms with van der Waals surface area (Å²) in [6, 6.07) is 6.18. The van der Waals surface area contributed by atoms with Gasteiger partial charge in [-0.15, -0.1) is 0 Å². The minimum Gasteiger partial charge on any atom is -0.363 e. The molecular weight excluding hydrogens is 425 g/mol. The van der Waals surface area contributed by atoms with E-state index in [1.54, 1.807) is 24.3 Å². The molecule has 1 aliphatic rings. The summed E-state index contributed by atoms with van der Waals surface area (Å²) in [6.07, 6.45) is -4.67. The summed E-state index contributed by atoms with van der Waals surface area (Å²) in [5, 5.41) is 9.69. The number of nitrogens with zero attached hydrogens (tertiary/aromatic N) is 2. The van der Waals surface area contributed by atoms with Gasteiger partial charge in [0.15, 0.2) is 11.7 Å². The van der Waals surface area contributed by atoms with Crippen LogP contribution in [0.2, 0.25) is 0 Å². The molecule has 2 heterocycles. The average Bonchev–Trinajstić information content (AvgIpc) is 3.02. The molecule has 146 valence electrons. The highest BCUT2D eigenvalue weighted by Gasteiger charge is 2.46. The van der Waals surface area contributed by atoms with Crippen LogP contribution in [-0.4, -0.2) is 28.4 Å². The van der Waals surface area contributed by atoms with E-state index in [0.717, 1.165) is 14.7 Å². The molecule has 9 heteroatoms. The topological polar surface area (TPSA) is 59.0 Å². The summed E-state index contributed by atoms with van der Waals surface area (Å²) in [5.41, 5.74) is 0.717. The molecule has 1 aromatic heterocycles. The maximum absolute atomic E-state index is 13.6. The molecule has 0 aliphatic carbocycles. The second-order valence-corrected chi connectivity index (χ2v) is 7.92. The van der Waals surface area contributed by atoms with Crippen LogP contribution in [0.1, 0.15) is 48.4 Å². The van der Waals surface area contributed by atoms with Gasteiger partial charge < -0.3 is 10.6 Å². The fourth-order valence-corrected chi connectivity index (χ4v) is 3.25. The number of carbonyl (C=O) groups is 1. The predicted molar refractivity (Wildman–Crippen MR) is 99.6 cm³/mol. The quantitative estimate of drug-likeness (QED) is 0.718. The lowest BCUT2D eigenvalue weighted by Gasteiger charge is -2.33. The van der Waals surface area contributed by atoms with Gasteiger partial charge in [0.05, 0.1) is 6.04 Å². The van der Waals surface area contributed by atoms with Gasteiger partial charge in [0.25, 0.3) is 5.91 Å². The van der Waals surface area contributed by atoms with Crippen LogP contribution in [0.4, 0.5) is 19.0 Å². The number of fused-ring (bicyclic) bond motifs is 1. The van der Waals surface area contributed by atoms with Gasteiger partial charge in [0.2, 0.25) is 0 Å². The highest BCUT2D eigenvalue weighted by Crippen LogP contribution is 2.43. The van der Waals surface area contributed by atoms with Crippen LogP contribution in [0.5, 0.6) is 0 Å². The Morgan fingerprint density at radius 1 is 1.37 bits per heavy atom. The molecule has 1 aromatic carbocycles. The molecule has 1 amide bonds. The van der Waals surface area contributed by atoms with E-state index in [1.165, 1.54) is 6.07 Å². The van der Waals surface area contributed by atoms with Crippen molar-refractivity contribution in [2.24, 2.45) is 5.92 Å². The monoisotopic (exact) mass is 444 g/mol. The number of carbonyl (C=O) groups excluding carboxylic acids is 1. The zero-order chi connectivity index (χ0) is 19.8. The van der Waals surface area contributed by atoms with Gasteiger partial charge in [0, 0.05) is 23.5 Å². The summed E-state index contributed by atoms with van der Waals surface area (Å²) >= 11 is 3.32. The normalized spacial score (nSPS) is 19.5. The van der Waals surface area contributed by atoms with Gasteiger partial charge in [-0.25, -0.2) is 4.68 Å². The Hall–Kier alpha value is -2.03. The number of anilines is 1. The smallest absolute Gasteiger partial charge is 0.363 e. The zero-order valence-corrected chi connectivity index (χ0v) is 16.4. The van der Waals surface area contributed by atoms with E-state index in [9.17, 15) is 18.0 Å². The van der Waals surface area contributed by atoms with Crippen LogP contribution in [0.25, 0.3) is 0 Å². The Balaban J connectivity index is 1.91. The standard InChI is InChI=1S/C18H20BrF3N4O/c1-10(2)9-23-17(27)14-8-16-24-13(11-3-5-12(19)6-4-11)7-15(18(20,21)22)26(16)25-14/h3-6,8,10,13,15,24H,7,9H2,1-2H3,(H,23,27)/t13-,15+/m0/s1. The number of aromatic nitrogens is 2. The molecule has 5 nitrogen and oxygen atoms in total. The molecule has 0 saturated carbocycles. The first-order chi connectivity index (χ1) is 12.6. The molecule has 3 rings (SSSR count). The van der Waals surface area contributed by atoms with E-state index < -0.39 is 24.2 Å².